The van der Waals surface area contributed by atoms with Crippen molar-refractivity contribution in [3.8, 4) is 17.0 Å². The maximum atomic E-state index is 12.7. The van der Waals surface area contributed by atoms with Crippen LogP contribution in [0, 0.1) is 0 Å². The Labute approximate surface area is 179 Å². The van der Waals surface area contributed by atoms with Gasteiger partial charge in [0.25, 0.3) is 11.5 Å². The first kappa shape index (κ1) is 20.5. The minimum Gasteiger partial charge on any atom is -0.490 e. The van der Waals surface area contributed by atoms with Gasteiger partial charge in [-0.15, -0.1) is 0 Å². The fourth-order valence-electron chi connectivity index (χ4n) is 3.34. The molecule has 0 aliphatic carbocycles. The van der Waals surface area contributed by atoms with Gasteiger partial charge >= 0.3 is 0 Å². The highest BCUT2D eigenvalue weighted by atomic mass is 16.5. The van der Waals surface area contributed by atoms with E-state index in [1.807, 2.05) is 0 Å². The summed E-state index contributed by atoms with van der Waals surface area (Å²) in [6.07, 6.45) is 6.82. The predicted octanol–water partition coefficient (Wildman–Crippen LogP) is 2.26. The first-order valence-corrected chi connectivity index (χ1v) is 10.1. The molecule has 2 aromatic heterocycles. The molecule has 0 spiro atoms. The van der Waals surface area contributed by atoms with Crippen molar-refractivity contribution >= 4 is 17.4 Å². The number of nitrogens with one attached hydrogen (secondary N) is 4. The fourth-order valence-corrected chi connectivity index (χ4v) is 3.34. The number of carbonyl (C=O) groups excluding carboxylic acids is 1. The van der Waals surface area contributed by atoms with Crippen LogP contribution in [0.5, 0.6) is 5.75 Å². The molecular weight excluding hydrogens is 396 g/mol. The van der Waals surface area contributed by atoms with E-state index in [0.29, 0.717) is 22.6 Å². The number of carbonyl (C=O) groups is 1. The van der Waals surface area contributed by atoms with Crippen LogP contribution >= 0.6 is 0 Å². The van der Waals surface area contributed by atoms with Crippen LogP contribution in [-0.2, 0) is 0 Å². The van der Waals surface area contributed by atoms with Crippen LogP contribution < -0.4 is 26.2 Å². The molecule has 1 amide bonds. The SMILES string of the molecule is CNc1cncc(-c2c[nH]c(=O)c(NC(=O)c3ccc(OC4CCNCC4)cc3)c2)n1. The van der Waals surface area contributed by atoms with Crippen molar-refractivity contribution in [2.75, 3.05) is 30.8 Å². The summed E-state index contributed by atoms with van der Waals surface area (Å²) in [6.45, 7) is 1.90. The number of rotatable bonds is 6. The molecule has 1 aromatic carbocycles. The van der Waals surface area contributed by atoms with E-state index in [-0.39, 0.29) is 17.7 Å². The standard InChI is InChI=1S/C22H24N6O3/c1-23-20-13-25-12-19(27-20)15-10-18(22(30)26-11-15)28-21(29)14-2-4-16(5-3-14)31-17-6-8-24-9-7-17/h2-5,10-13,17,24H,6-9H2,1H3,(H,23,27)(H,26,30)(H,28,29). The molecule has 1 saturated heterocycles. The lowest BCUT2D eigenvalue weighted by atomic mass is 10.1. The van der Waals surface area contributed by atoms with Crippen LogP contribution in [0.4, 0.5) is 11.5 Å². The Hall–Kier alpha value is -3.72. The molecule has 3 aromatic rings. The molecule has 1 aliphatic rings. The summed E-state index contributed by atoms with van der Waals surface area (Å²) in [7, 11) is 1.75. The summed E-state index contributed by atoms with van der Waals surface area (Å²) in [5.41, 5.74) is 1.36. The van der Waals surface area contributed by atoms with Gasteiger partial charge < -0.3 is 25.7 Å². The molecule has 160 valence electrons. The lowest BCUT2D eigenvalue weighted by molar-refractivity contribution is 0.102. The number of anilines is 2. The second kappa shape index (κ2) is 9.40. The average molecular weight is 420 g/mol. The number of piperidine rings is 1. The molecule has 0 unspecified atom stereocenters. The maximum absolute atomic E-state index is 12.7. The zero-order valence-corrected chi connectivity index (χ0v) is 17.1. The molecule has 4 N–H and O–H groups in total. The van der Waals surface area contributed by atoms with Gasteiger partial charge in [-0.25, -0.2) is 4.98 Å². The van der Waals surface area contributed by atoms with Crippen molar-refractivity contribution in [1.82, 2.24) is 20.3 Å². The number of ether oxygens (including phenoxy) is 1. The Bertz CT molecular complexity index is 1110. The van der Waals surface area contributed by atoms with Crippen molar-refractivity contribution in [3.63, 3.8) is 0 Å². The second-order valence-electron chi connectivity index (χ2n) is 7.22. The molecule has 31 heavy (non-hydrogen) atoms. The lowest BCUT2D eigenvalue weighted by Crippen LogP contribution is -2.34. The Morgan fingerprint density at radius 3 is 2.68 bits per heavy atom. The van der Waals surface area contributed by atoms with Gasteiger partial charge in [-0.2, -0.15) is 0 Å². The Morgan fingerprint density at radius 1 is 1.16 bits per heavy atom. The Kier molecular flexibility index (Phi) is 6.23. The van der Waals surface area contributed by atoms with Crippen molar-refractivity contribution in [3.05, 3.63) is 64.8 Å². The molecule has 0 saturated carbocycles. The summed E-state index contributed by atoms with van der Waals surface area (Å²) in [5.74, 6) is 0.943. The molecule has 3 heterocycles. The monoisotopic (exact) mass is 420 g/mol. The summed E-state index contributed by atoms with van der Waals surface area (Å²) >= 11 is 0. The van der Waals surface area contributed by atoms with Crippen LogP contribution in [0.15, 0.2) is 53.7 Å². The number of hydrogen-bond donors (Lipinski definition) is 4. The van der Waals surface area contributed by atoms with Crippen LogP contribution in [0.25, 0.3) is 11.3 Å². The smallest absolute Gasteiger partial charge is 0.271 e. The third kappa shape index (κ3) is 5.07. The van der Waals surface area contributed by atoms with Crippen molar-refractivity contribution in [1.29, 1.82) is 0 Å². The maximum Gasteiger partial charge on any atom is 0.271 e. The zero-order valence-electron chi connectivity index (χ0n) is 17.1. The molecule has 4 rings (SSSR count). The van der Waals surface area contributed by atoms with Gasteiger partial charge in [0, 0.05) is 24.4 Å². The molecule has 9 heteroatoms. The van der Waals surface area contributed by atoms with E-state index in [1.165, 1.54) is 6.20 Å². The lowest BCUT2D eigenvalue weighted by Gasteiger charge is -2.23. The number of amides is 1. The summed E-state index contributed by atoms with van der Waals surface area (Å²) in [4.78, 5) is 36.0. The van der Waals surface area contributed by atoms with E-state index in [1.54, 1.807) is 49.8 Å². The van der Waals surface area contributed by atoms with Crippen molar-refractivity contribution in [2.24, 2.45) is 0 Å². The van der Waals surface area contributed by atoms with E-state index < -0.39 is 5.56 Å². The minimum absolute atomic E-state index is 0.134. The van der Waals surface area contributed by atoms with E-state index in [2.05, 4.69) is 30.9 Å². The van der Waals surface area contributed by atoms with Crippen LogP contribution in [0.2, 0.25) is 0 Å². The summed E-state index contributed by atoms with van der Waals surface area (Å²) in [6, 6.07) is 8.50. The molecular formula is C22H24N6O3. The first-order valence-electron chi connectivity index (χ1n) is 10.1. The highest BCUT2D eigenvalue weighted by Crippen LogP contribution is 2.20. The van der Waals surface area contributed by atoms with Gasteiger partial charge in [-0.3, -0.25) is 14.6 Å². The average Bonchev–Trinajstić information content (AvgIpc) is 2.81. The van der Waals surface area contributed by atoms with E-state index in [9.17, 15) is 9.59 Å². The van der Waals surface area contributed by atoms with Gasteiger partial charge in [0.2, 0.25) is 0 Å². The van der Waals surface area contributed by atoms with Gasteiger partial charge in [-0.05, 0) is 56.3 Å². The largest absolute Gasteiger partial charge is 0.490 e. The van der Waals surface area contributed by atoms with Crippen molar-refractivity contribution < 1.29 is 9.53 Å². The van der Waals surface area contributed by atoms with E-state index >= 15 is 0 Å². The van der Waals surface area contributed by atoms with Crippen LogP contribution in [-0.4, -0.2) is 47.1 Å². The summed E-state index contributed by atoms with van der Waals surface area (Å²) < 4.78 is 5.97. The summed E-state index contributed by atoms with van der Waals surface area (Å²) in [5, 5.41) is 8.89. The minimum atomic E-state index is -0.402. The predicted molar refractivity (Wildman–Crippen MR) is 119 cm³/mol. The molecule has 1 fully saturated rings. The van der Waals surface area contributed by atoms with E-state index in [4.69, 9.17) is 4.74 Å². The Balaban J connectivity index is 1.47. The number of hydrogen-bond acceptors (Lipinski definition) is 7. The van der Waals surface area contributed by atoms with Gasteiger partial charge in [0.05, 0.1) is 18.1 Å². The van der Waals surface area contributed by atoms with Gasteiger partial charge in [0.1, 0.15) is 23.4 Å². The number of nitrogens with zero attached hydrogens (tertiary/aromatic N) is 2. The number of aromatic amines is 1. The van der Waals surface area contributed by atoms with Crippen molar-refractivity contribution in [2.45, 2.75) is 18.9 Å². The molecule has 1 aliphatic heterocycles. The highest BCUT2D eigenvalue weighted by molar-refractivity contribution is 6.04. The van der Waals surface area contributed by atoms with Crippen LogP contribution in [0.3, 0.4) is 0 Å². The van der Waals surface area contributed by atoms with Gasteiger partial charge in [-0.1, -0.05) is 0 Å². The first-order chi connectivity index (χ1) is 15.1. The van der Waals surface area contributed by atoms with Gasteiger partial charge in [0.15, 0.2) is 0 Å². The molecule has 0 radical (unpaired) electrons. The third-order valence-electron chi connectivity index (χ3n) is 5.04. The number of benzene rings is 1. The van der Waals surface area contributed by atoms with Crippen LogP contribution in [0.1, 0.15) is 23.2 Å². The molecule has 0 bridgehead atoms. The zero-order chi connectivity index (χ0) is 21.6. The Morgan fingerprint density at radius 2 is 1.94 bits per heavy atom. The number of H-pyrrole nitrogens is 1. The number of pyridine rings is 1. The molecule has 9 nitrogen and oxygen atoms in total. The normalized spacial score (nSPS) is 14.1. The number of aromatic nitrogens is 3. The molecule has 0 atom stereocenters. The second-order valence-corrected chi connectivity index (χ2v) is 7.22. The quantitative estimate of drug-likeness (QED) is 0.483. The van der Waals surface area contributed by atoms with E-state index in [0.717, 1.165) is 31.7 Å². The third-order valence-corrected chi connectivity index (χ3v) is 5.04. The highest BCUT2D eigenvalue weighted by Gasteiger charge is 2.15. The fraction of sp³-hybridized carbons (Fsp3) is 0.273. The topological polar surface area (TPSA) is 121 Å².